The number of ether oxygens (including phenoxy) is 1. The molecule has 1 aliphatic heterocycles. The molecule has 4 atom stereocenters. The lowest BCUT2D eigenvalue weighted by Crippen LogP contribution is -2.30. The Morgan fingerprint density at radius 3 is 2.50 bits per heavy atom. The van der Waals surface area contributed by atoms with Gasteiger partial charge in [-0.25, -0.2) is 0 Å². The molecular formula is C14H24O2. The molecule has 4 unspecified atom stereocenters. The summed E-state index contributed by atoms with van der Waals surface area (Å²) in [5.41, 5.74) is 0. The van der Waals surface area contributed by atoms with E-state index in [1.165, 1.54) is 25.7 Å². The highest BCUT2D eigenvalue weighted by molar-refractivity contribution is 4.91. The molecule has 2 heteroatoms. The lowest BCUT2D eigenvalue weighted by molar-refractivity contribution is -0.00474. The van der Waals surface area contributed by atoms with Crippen LogP contribution in [0.4, 0.5) is 0 Å². The van der Waals surface area contributed by atoms with Crippen LogP contribution in [0.3, 0.4) is 0 Å². The van der Waals surface area contributed by atoms with Crippen LogP contribution in [0.1, 0.15) is 44.9 Å². The van der Waals surface area contributed by atoms with Crippen LogP contribution in [0.25, 0.3) is 0 Å². The number of aliphatic hydroxyl groups is 1. The van der Waals surface area contributed by atoms with E-state index in [0.29, 0.717) is 5.92 Å². The first-order valence-electron chi connectivity index (χ1n) is 7.08. The van der Waals surface area contributed by atoms with Crippen LogP contribution in [0.5, 0.6) is 0 Å². The zero-order chi connectivity index (χ0) is 11.0. The van der Waals surface area contributed by atoms with E-state index in [1.807, 2.05) is 0 Å². The quantitative estimate of drug-likeness (QED) is 0.798. The van der Waals surface area contributed by atoms with Gasteiger partial charge in [0.25, 0.3) is 0 Å². The predicted octanol–water partition coefficient (Wildman–Crippen LogP) is 2.60. The molecular weight excluding hydrogens is 200 g/mol. The molecule has 3 rings (SSSR count). The zero-order valence-corrected chi connectivity index (χ0v) is 10.1. The van der Waals surface area contributed by atoms with Gasteiger partial charge in [0.15, 0.2) is 0 Å². The summed E-state index contributed by atoms with van der Waals surface area (Å²) >= 11 is 0. The van der Waals surface area contributed by atoms with Crippen LogP contribution in [0.2, 0.25) is 0 Å². The van der Waals surface area contributed by atoms with Crippen molar-refractivity contribution in [2.45, 2.75) is 51.0 Å². The lowest BCUT2D eigenvalue weighted by atomic mass is 9.80. The van der Waals surface area contributed by atoms with Gasteiger partial charge in [0.05, 0.1) is 6.10 Å². The second-order valence-electron chi connectivity index (χ2n) is 6.19. The van der Waals surface area contributed by atoms with Gasteiger partial charge >= 0.3 is 0 Å². The van der Waals surface area contributed by atoms with Gasteiger partial charge < -0.3 is 9.84 Å². The number of fused-ring (bicyclic) bond motifs is 2. The smallest absolute Gasteiger partial charge is 0.0572 e. The first-order chi connectivity index (χ1) is 7.83. The molecule has 1 N–H and O–H groups in total. The highest BCUT2D eigenvalue weighted by Gasteiger charge is 2.40. The van der Waals surface area contributed by atoms with Crippen molar-refractivity contribution in [3.05, 3.63) is 0 Å². The normalized spacial score (nSPS) is 41.4. The molecule has 1 saturated heterocycles. The minimum absolute atomic E-state index is 0.0479. The van der Waals surface area contributed by atoms with Crippen LogP contribution in [0.15, 0.2) is 0 Å². The van der Waals surface area contributed by atoms with E-state index in [1.54, 1.807) is 0 Å². The van der Waals surface area contributed by atoms with Gasteiger partial charge in [-0.2, -0.15) is 0 Å². The molecule has 0 aromatic rings. The number of rotatable bonds is 3. The fraction of sp³-hybridized carbons (Fsp3) is 1.00. The standard InChI is InChI=1S/C14H24O2/c15-14(11-3-5-16-6-4-11)9-13-8-10-1-2-12(13)7-10/h10-15H,1-9H2. The van der Waals surface area contributed by atoms with E-state index in [4.69, 9.17) is 4.74 Å². The number of hydrogen-bond donors (Lipinski definition) is 1. The largest absolute Gasteiger partial charge is 0.393 e. The highest BCUT2D eigenvalue weighted by atomic mass is 16.5. The maximum Gasteiger partial charge on any atom is 0.0572 e. The summed E-state index contributed by atoms with van der Waals surface area (Å²) < 4.78 is 5.36. The minimum atomic E-state index is -0.0479. The Kier molecular flexibility index (Phi) is 3.21. The Morgan fingerprint density at radius 1 is 1.06 bits per heavy atom. The predicted molar refractivity (Wildman–Crippen MR) is 63.1 cm³/mol. The molecule has 2 saturated carbocycles. The van der Waals surface area contributed by atoms with E-state index < -0.39 is 0 Å². The van der Waals surface area contributed by atoms with E-state index >= 15 is 0 Å². The molecule has 2 nitrogen and oxygen atoms in total. The van der Waals surface area contributed by atoms with Crippen molar-refractivity contribution in [1.29, 1.82) is 0 Å². The maximum atomic E-state index is 10.3. The second kappa shape index (κ2) is 4.66. The summed E-state index contributed by atoms with van der Waals surface area (Å²) in [6.07, 6.45) is 8.95. The molecule has 0 aromatic heterocycles. The molecule has 0 aromatic carbocycles. The summed E-state index contributed by atoms with van der Waals surface area (Å²) in [5.74, 6) is 3.33. The van der Waals surface area contributed by atoms with Gasteiger partial charge in [0.2, 0.25) is 0 Å². The Labute approximate surface area is 98.4 Å². The van der Waals surface area contributed by atoms with Gasteiger partial charge in [-0.15, -0.1) is 0 Å². The van der Waals surface area contributed by atoms with Gasteiger partial charge in [-0.3, -0.25) is 0 Å². The Hall–Kier alpha value is -0.0800. The topological polar surface area (TPSA) is 29.5 Å². The summed E-state index contributed by atoms with van der Waals surface area (Å²) in [5, 5.41) is 10.3. The second-order valence-corrected chi connectivity index (χ2v) is 6.19. The van der Waals surface area contributed by atoms with Crippen molar-refractivity contribution >= 4 is 0 Å². The Morgan fingerprint density at radius 2 is 1.88 bits per heavy atom. The Bertz CT molecular complexity index is 235. The van der Waals surface area contributed by atoms with Crippen molar-refractivity contribution < 1.29 is 9.84 Å². The third kappa shape index (κ3) is 2.14. The molecule has 3 fully saturated rings. The summed E-state index contributed by atoms with van der Waals surface area (Å²) in [4.78, 5) is 0. The first-order valence-corrected chi connectivity index (χ1v) is 7.08. The van der Waals surface area contributed by atoms with Crippen LogP contribution >= 0.6 is 0 Å². The van der Waals surface area contributed by atoms with E-state index in [2.05, 4.69) is 0 Å². The summed E-state index contributed by atoms with van der Waals surface area (Å²) in [6, 6.07) is 0. The number of aliphatic hydroxyl groups excluding tert-OH is 1. The molecule has 0 radical (unpaired) electrons. The van der Waals surface area contributed by atoms with Crippen molar-refractivity contribution in [3.63, 3.8) is 0 Å². The molecule has 0 amide bonds. The zero-order valence-electron chi connectivity index (χ0n) is 10.1. The van der Waals surface area contributed by atoms with Gasteiger partial charge in [-0.05, 0) is 62.2 Å². The SMILES string of the molecule is OC(CC1CC2CCC1C2)C1CCOCC1. The van der Waals surface area contributed by atoms with Crippen LogP contribution in [-0.4, -0.2) is 24.4 Å². The fourth-order valence-electron chi connectivity index (χ4n) is 4.27. The van der Waals surface area contributed by atoms with Gasteiger partial charge in [0.1, 0.15) is 0 Å². The molecule has 16 heavy (non-hydrogen) atoms. The average molecular weight is 224 g/mol. The molecule has 2 aliphatic carbocycles. The van der Waals surface area contributed by atoms with Gasteiger partial charge in [-0.1, -0.05) is 6.42 Å². The van der Waals surface area contributed by atoms with E-state index in [9.17, 15) is 5.11 Å². The maximum absolute atomic E-state index is 10.3. The Balaban J connectivity index is 1.50. The van der Waals surface area contributed by atoms with Crippen LogP contribution < -0.4 is 0 Å². The highest BCUT2D eigenvalue weighted by Crippen LogP contribution is 2.50. The van der Waals surface area contributed by atoms with Crippen molar-refractivity contribution in [3.8, 4) is 0 Å². The summed E-state index contributed by atoms with van der Waals surface area (Å²) in [7, 11) is 0. The average Bonchev–Trinajstić information content (AvgIpc) is 2.92. The fourth-order valence-corrected chi connectivity index (χ4v) is 4.27. The third-order valence-electron chi connectivity index (χ3n) is 5.24. The van der Waals surface area contributed by atoms with Crippen molar-refractivity contribution in [2.24, 2.45) is 23.7 Å². The summed E-state index contributed by atoms with van der Waals surface area (Å²) in [6.45, 7) is 1.72. The third-order valence-corrected chi connectivity index (χ3v) is 5.24. The monoisotopic (exact) mass is 224 g/mol. The van der Waals surface area contributed by atoms with Gasteiger partial charge in [0, 0.05) is 13.2 Å². The molecule has 0 spiro atoms. The van der Waals surface area contributed by atoms with Crippen LogP contribution in [-0.2, 0) is 4.74 Å². The lowest BCUT2D eigenvalue weighted by Gasteiger charge is -2.30. The van der Waals surface area contributed by atoms with E-state index in [-0.39, 0.29) is 6.10 Å². The molecule has 2 bridgehead atoms. The molecule has 92 valence electrons. The van der Waals surface area contributed by atoms with Crippen molar-refractivity contribution in [2.75, 3.05) is 13.2 Å². The molecule has 3 aliphatic rings. The number of hydrogen-bond acceptors (Lipinski definition) is 2. The first kappa shape index (κ1) is 11.0. The molecule has 1 heterocycles. The minimum Gasteiger partial charge on any atom is -0.393 e. The van der Waals surface area contributed by atoms with E-state index in [0.717, 1.165) is 50.2 Å². The van der Waals surface area contributed by atoms with Crippen LogP contribution in [0, 0.1) is 23.7 Å². The van der Waals surface area contributed by atoms with Crippen molar-refractivity contribution in [1.82, 2.24) is 0 Å².